The Morgan fingerprint density at radius 3 is 2.76 bits per heavy atom. The summed E-state index contributed by atoms with van der Waals surface area (Å²) in [5, 5.41) is 12.3. The van der Waals surface area contributed by atoms with Crippen LogP contribution < -0.4 is 15.4 Å². The number of nitrogens with zero attached hydrogens (tertiary/aromatic N) is 2. The Morgan fingerprint density at radius 1 is 1.33 bits per heavy atom. The summed E-state index contributed by atoms with van der Waals surface area (Å²) in [5.41, 5.74) is 0.140. The second kappa shape index (κ2) is 10.3. The van der Waals surface area contributed by atoms with Gasteiger partial charge in [0.1, 0.15) is 11.0 Å². The minimum atomic E-state index is -4.53. The number of amides is 2. The van der Waals surface area contributed by atoms with Gasteiger partial charge in [0.15, 0.2) is 5.17 Å². The molecule has 2 aromatic rings. The van der Waals surface area contributed by atoms with Crippen molar-refractivity contribution in [3.63, 3.8) is 0 Å². The number of methoxy groups -OCH3 is 1. The summed E-state index contributed by atoms with van der Waals surface area (Å²) in [6, 6.07) is 8.14. The first-order chi connectivity index (χ1) is 15.6. The maximum atomic E-state index is 13.0. The molecule has 12 heteroatoms. The van der Waals surface area contributed by atoms with Gasteiger partial charge < -0.3 is 15.4 Å². The molecule has 7 nitrogen and oxygen atoms in total. The summed E-state index contributed by atoms with van der Waals surface area (Å²) in [7, 11) is 1.44. The predicted molar refractivity (Wildman–Crippen MR) is 122 cm³/mol. The number of carbonyl (C=O) groups is 2. The fourth-order valence-electron chi connectivity index (χ4n) is 2.90. The molecule has 0 aliphatic carbocycles. The molecule has 0 radical (unpaired) electrons. The van der Waals surface area contributed by atoms with E-state index in [0.29, 0.717) is 16.5 Å². The molecule has 0 aromatic heterocycles. The van der Waals surface area contributed by atoms with Crippen LogP contribution in [0, 0.1) is 6.92 Å². The van der Waals surface area contributed by atoms with Crippen LogP contribution in [0.25, 0.3) is 0 Å². The lowest BCUT2D eigenvalue weighted by Gasteiger charge is -2.13. The van der Waals surface area contributed by atoms with Gasteiger partial charge in [-0.05, 0) is 24.6 Å². The molecule has 174 valence electrons. The van der Waals surface area contributed by atoms with Crippen LogP contribution in [0.3, 0.4) is 0 Å². The van der Waals surface area contributed by atoms with E-state index in [1.165, 1.54) is 25.3 Å². The van der Waals surface area contributed by atoms with Gasteiger partial charge in [-0.15, -0.1) is 5.10 Å². The van der Waals surface area contributed by atoms with Crippen LogP contribution in [-0.4, -0.2) is 35.6 Å². The molecule has 1 aliphatic heterocycles. The molecule has 33 heavy (non-hydrogen) atoms. The molecule has 1 fully saturated rings. The molecule has 3 rings (SSSR count). The van der Waals surface area contributed by atoms with Crippen LogP contribution >= 0.6 is 23.4 Å². The van der Waals surface area contributed by atoms with Crippen LogP contribution in [0.4, 0.5) is 18.9 Å². The van der Waals surface area contributed by atoms with Gasteiger partial charge in [0.2, 0.25) is 11.8 Å². The number of hydrogen-bond acceptors (Lipinski definition) is 6. The summed E-state index contributed by atoms with van der Waals surface area (Å²) in [5.74, 6) is -0.524. The Balaban J connectivity index is 1.64. The number of ether oxygens (including phenoxy) is 1. The third-order valence-corrected chi connectivity index (χ3v) is 5.99. The zero-order valence-corrected chi connectivity index (χ0v) is 18.9. The Labute approximate surface area is 196 Å². The standard InChI is InChI=1S/C21H18ClF3N4O3S/c1-11-7-15(16(32-2)8-14(11)22)27-18(30)9-17-19(31)28-20(33-17)29-26-10-12-5-3-4-6-13(12)21(23,24)25/h3-8,10,17H,9H2,1-2H3,(H,27,30)(H,28,29,31)/b26-10-/t17-/m0/s1. The van der Waals surface area contributed by atoms with E-state index in [9.17, 15) is 22.8 Å². The molecule has 1 heterocycles. The number of amidine groups is 1. The first kappa shape index (κ1) is 24.6. The van der Waals surface area contributed by atoms with Crippen molar-refractivity contribution < 1.29 is 27.5 Å². The maximum absolute atomic E-state index is 13.0. The van der Waals surface area contributed by atoms with Crippen molar-refractivity contribution in [2.75, 3.05) is 12.4 Å². The molecule has 2 aromatic carbocycles. The van der Waals surface area contributed by atoms with E-state index in [4.69, 9.17) is 16.3 Å². The van der Waals surface area contributed by atoms with Crippen LogP contribution in [0.2, 0.25) is 5.02 Å². The van der Waals surface area contributed by atoms with Gasteiger partial charge in [-0.3, -0.25) is 9.59 Å². The van der Waals surface area contributed by atoms with Crippen LogP contribution in [0.5, 0.6) is 5.75 Å². The summed E-state index contributed by atoms with van der Waals surface area (Å²) < 4.78 is 44.3. The quantitative estimate of drug-likeness (QED) is 0.449. The third-order valence-electron chi connectivity index (χ3n) is 4.51. The lowest BCUT2D eigenvalue weighted by molar-refractivity contribution is -0.137. The molecular weight excluding hydrogens is 481 g/mol. The highest BCUT2D eigenvalue weighted by atomic mass is 35.5. The fraction of sp³-hybridized carbons (Fsp3) is 0.238. The molecule has 0 spiro atoms. The van der Waals surface area contributed by atoms with Crippen LogP contribution in [-0.2, 0) is 15.8 Å². The normalized spacial score (nSPS) is 17.5. The summed E-state index contributed by atoms with van der Waals surface area (Å²) in [4.78, 5) is 24.6. The molecule has 2 amide bonds. The molecule has 1 saturated heterocycles. The van der Waals surface area contributed by atoms with Crippen molar-refractivity contribution in [1.82, 2.24) is 5.32 Å². The summed E-state index contributed by atoms with van der Waals surface area (Å²) in [6.45, 7) is 1.77. The molecule has 1 aliphatic rings. The van der Waals surface area contributed by atoms with E-state index in [2.05, 4.69) is 20.8 Å². The number of aryl methyl sites for hydroxylation is 1. The van der Waals surface area contributed by atoms with E-state index in [-0.39, 0.29) is 17.2 Å². The van der Waals surface area contributed by atoms with E-state index in [1.54, 1.807) is 19.1 Å². The third kappa shape index (κ3) is 6.26. The van der Waals surface area contributed by atoms with Gasteiger partial charge in [-0.2, -0.15) is 18.3 Å². The van der Waals surface area contributed by atoms with Crippen molar-refractivity contribution in [3.05, 3.63) is 58.1 Å². The molecule has 0 saturated carbocycles. The van der Waals surface area contributed by atoms with Crippen molar-refractivity contribution in [3.8, 4) is 5.75 Å². The highest BCUT2D eigenvalue weighted by Gasteiger charge is 2.33. The van der Waals surface area contributed by atoms with Crippen LogP contribution in [0.1, 0.15) is 23.1 Å². The zero-order valence-electron chi connectivity index (χ0n) is 17.4. The predicted octanol–water partition coefficient (Wildman–Crippen LogP) is 4.63. The Bertz CT molecular complexity index is 1140. The van der Waals surface area contributed by atoms with E-state index in [1.807, 2.05) is 0 Å². The van der Waals surface area contributed by atoms with Gasteiger partial charge >= 0.3 is 6.18 Å². The first-order valence-corrected chi connectivity index (χ1v) is 10.7. The number of carbonyl (C=O) groups excluding carboxylic acids is 2. The lowest BCUT2D eigenvalue weighted by Crippen LogP contribution is -2.28. The molecule has 0 bridgehead atoms. The Morgan fingerprint density at radius 2 is 2.06 bits per heavy atom. The van der Waals surface area contributed by atoms with Gasteiger partial charge in [-0.1, -0.05) is 41.6 Å². The average molecular weight is 499 g/mol. The molecular formula is C21H18ClF3N4O3S. The number of thioether (sulfide) groups is 1. The number of nitrogens with one attached hydrogen (secondary N) is 2. The Hall–Kier alpha value is -3.05. The van der Waals surface area contributed by atoms with Gasteiger partial charge in [0.05, 0.1) is 24.6 Å². The average Bonchev–Trinajstić information content (AvgIpc) is 3.09. The van der Waals surface area contributed by atoms with Crippen molar-refractivity contribution in [2.24, 2.45) is 10.2 Å². The van der Waals surface area contributed by atoms with Crippen molar-refractivity contribution >= 4 is 52.2 Å². The van der Waals surface area contributed by atoms with E-state index < -0.39 is 28.8 Å². The Kier molecular flexibility index (Phi) is 7.65. The largest absolute Gasteiger partial charge is 0.495 e. The zero-order chi connectivity index (χ0) is 24.2. The highest BCUT2D eigenvalue weighted by Crippen LogP contribution is 2.32. The second-order valence-electron chi connectivity index (χ2n) is 6.88. The fourth-order valence-corrected chi connectivity index (χ4v) is 3.97. The number of hydrogen-bond donors (Lipinski definition) is 2. The molecule has 1 atom stereocenters. The number of anilines is 1. The highest BCUT2D eigenvalue weighted by molar-refractivity contribution is 8.15. The van der Waals surface area contributed by atoms with Gasteiger partial charge in [0.25, 0.3) is 0 Å². The first-order valence-electron chi connectivity index (χ1n) is 9.47. The van der Waals surface area contributed by atoms with E-state index in [0.717, 1.165) is 29.6 Å². The maximum Gasteiger partial charge on any atom is 0.417 e. The molecule has 0 unspecified atom stereocenters. The summed E-state index contributed by atoms with van der Waals surface area (Å²) >= 11 is 7.01. The topological polar surface area (TPSA) is 92.2 Å². The van der Waals surface area contributed by atoms with Gasteiger partial charge in [-0.25, -0.2) is 0 Å². The number of halogens is 4. The number of alkyl halides is 3. The smallest absolute Gasteiger partial charge is 0.417 e. The van der Waals surface area contributed by atoms with Crippen molar-refractivity contribution in [1.29, 1.82) is 0 Å². The van der Waals surface area contributed by atoms with Gasteiger partial charge in [0, 0.05) is 23.1 Å². The van der Waals surface area contributed by atoms with Crippen LogP contribution in [0.15, 0.2) is 46.6 Å². The summed E-state index contributed by atoms with van der Waals surface area (Å²) in [6.07, 6.45) is -3.74. The van der Waals surface area contributed by atoms with Crippen molar-refractivity contribution in [2.45, 2.75) is 24.8 Å². The lowest BCUT2D eigenvalue weighted by atomic mass is 10.1. The SMILES string of the molecule is COc1cc(Cl)c(C)cc1NC(=O)C[C@@H]1S/C(=N/N=C\c2ccccc2C(F)(F)F)NC1=O. The minimum absolute atomic E-state index is 0.0819. The van der Waals surface area contributed by atoms with E-state index >= 15 is 0 Å². The number of benzene rings is 2. The molecule has 2 N–H and O–H groups in total. The number of rotatable bonds is 6. The monoisotopic (exact) mass is 498 g/mol. The minimum Gasteiger partial charge on any atom is -0.495 e. The second-order valence-corrected chi connectivity index (χ2v) is 8.48.